The second-order valence-corrected chi connectivity index (χ2v) is 4.83. The molecular formula is C16H17N3O2. The van der Waals surface area contributed by atoms with E-state index in [9.17, 15) is 9.59 Å². The Morgan fingerprint density at radius 1 is 1.14 bits per heavy atom. The SMILES string of the molecule is Cc1ccc(C(=O)Nc2ccccc2CC(N)=O)cc1N. The Morgan fingerprint density at radius 3 is 2.52 bits per heavy atom. The van der Waals surface area contributed by atoms with Gasteiger partial charge in [-0.25, -0.2) is 0 Å². The smallest absolute Gasteiger partial charge is 0.255 e. The molecule has 2 aromatic carbocycles. The molecule has 0 aromatic heterocycles. The van der Waals surface area contributed by atoms with Gasteiger partial charge in [-0.1, -0.05) is 24.3 Å². The van der Waals surface area contributed by atoms with Gasteiger partial charge in [-0.2, -0.15) is 0 Å². The zero-order valence-electron chi connectivity index (χ0n) is 11.7. The number of rotatable bonds is 4. The van der Waals surface area contributed by atoms with Gasteiger partial charge in [-0.05, 0) is 36.2 Å². The topological polar surface area (TPSA) is 98.2 Å². The number of nitrogens with two attached hydrogens (primary N) is 2. The Hall–Kier alpha value is -2.82. The molecule has 0 heterocycles. The van der Waals surface area contributed by atoms with Crippen molar-refractivity contribution >= 4 is 23.2 Å². The zero-order valence-corrected chi connectivity index (χ0v) is 11.7. The van der Waals surface area contributed by atoms with Crippen LogP contribution in [0, 0.1) is 6.92 Å². The second kappa shape index (κ2) is 6.09. The fourth-order valence-corrected chi connectivity index (χ4v) is 1.96. The first-order chi connectivity index (χ1) is 9.97. The molecule has 0 saturated heterocycles. The van der Waals surface area contributed by atoms with Crippen LogP contribution in [0.1, 0.15) is 21.5 Å². The molecule has 2 rings (SSSR count). The molecule has 0 unspecified atom stereocenters. The average Bonchev–Trinajstić information content (AvgIpc) is 2.43. The number of aryl methyl sites for hydroxylation is 1. The van der Waals surface area contributed by atoms with E-state index >= 15 is 0 Å². The minimum atomic E-state index is -0.448. The highest BCUT2D eigenvalue weighted by Crippen LogP contribution is 2.18. The number of carbonyl (C=O) groups excluding carboxylic acids is 2. The van der Waals surface area contributed by atoms with Crippen LogP contribution in [0.2, 0.25) is 0 Å². The molecule has 0 aliphatic carbocycles. The molecule has 108 valence electrons. The van der Waals surface area contributed by atoms with Crippen molar-refractivity contribution in [2.75, 3.05) is 11.1 Å². The van der Waals surface area contributed by atoms with Crippen LogP contribution in [0.25, 0.3) is 0 Å². The standard InChI is InChI=1S/C16H17N3O2/c1-10-6-7-12(8-13(10)17)16(21)19-14-5-3-2-4-11(14)9-15(18)20/h2-8H,9,17H2,1H3,(H2,18,20)(H,19,21). The highest BCUT2D eigenvalue weighted by molar-refractivity contribution is 6.05. The highest BCUT2D eigenvalue weighted by atomic mass is 16.2. The van der Waals surface area contributed by atoms with Crippen molar-refractivity contribution in [3.05, 3.63) is 59.2 Å². The Bertz CT molecular complexity index is 696. The van der Waals surface area contributed by atoms with Gasteiger partial charge in [0.15, 0.2) is 0 Å². The zero-order chi connectivity index (χ0) is 15.4. The lowest BCUT2D eigenvalue weighted by Gasteiger charge is -2.10. The molecule has 0 fully saturated rings. The number of hydrogen-bond acceptors (Lipinski definition) is 3. The summed E-state index contributed by atoms with van der Waals surface area (Å²) in [5, 5.41) is 2.78. The van der Waals surface area contributed by atoms with E-state index in [4.69, 9.17) is 11.5 Å². The molecule has 0 bridgehead atoms. The number of primary amides is 1. The molecular weight excluding hydrogens is 266 g/mol. The van der Waals surface area contributed by atoms with Gasteiger partial charge in [0.1, 0.15) is 0 Å². The van der Waals surface area contributed by atoms with E-state index in [1.807, 2.05) is 6.92 Å². The minimum absolute atomic E-state index is 0.0759. The maximum Gasteiger partial charge on any atom is 0.255 e. The normalized spacial score (nSPS) is 10.1. The second-order valence-electron chi connectivity index (χ2n) is 4.83. The molecule has 5 heteroatoms. The lowest BCUT2D eigenvalue weighted by atomic mass is 10.1. The molecule has 0 spiro atoms. The highest BCUT2D eigenvalue weighted by Gasteiger charge is 2.11. The van der Waals surface area contributed by atoms with Crippen LogP contribution in [0.4, 0.5) is 11.4 Å². The molecule has 21 heavy (non-hydrogen) atoms. The van der Waals surface area contributed by atoms with Gasteiger partial charge < -0.3 is 16.8 Å². The summed E-state index contributed by atoms with van der Waals surface area (Å²) in [6.07, 6.45) is 0.0759. The summed E-state index contributed by atoms with van der Waals surface area (Å²) in [5.74, 6) is -0.727. The Labute approximate surface area is 123 Å². The van der Waals surface area contributed by atoms with Crippen molar-refractivity contribution in [2.24, 2.45) is 5.73 Å². The maximum absolute atomic E-state index is 12.2. The largest absolute Gasteiger partial charge is 0.398 e. The number of carbonyl (C=O) groups is 2. The summed E-state index contributed by atoms with van der Waals surface area (Å²) >= 11 is 0. The molecule has 5 N–H and O–H groups in total. The Kier molecular flexibility index (Phi) is 4.23. The Morgan fingerprint density at radius 2 is 1.86 bits per heavy atom. The first-order valence-corrected chi connectivity index (χ1v) is 6.51. The van der Waals surface area contributed by atoms with Crippen molar-refractivity contribution < 1.29 is 9.59 Å². The van der Waals surface area contributed by atoms with Crippen LogP contribution in [-0.4, -0.2) is 11.8 Å². The molecule has 0 radical (unpaired) electrons. The van der Waals surface area contributed by atoms with Crippen LogP contribution < -0.4 is 16.8 Å². The van der Waals surface area contributed by atoms with Gasteiger partial charge in [-0.3, -0.25) is 9.59 Å². The number of benzene rings is 2. The van der Waals surface area contributed by atoms with Crippen molar-refractivity contribution in [3.63, 3.8) is 0 Å². The third-order valence-electron chi connectivity index (χ3n) is 3.17. The number of anilines is 2. The van der Waals surface area contributed by atoms with Gasteiger partial charge in [0.25, 0.3) is 5.91 Å². The molecule has 0 aliphatic heterocycles. The van der Waals surface area contributed by atoms with Crippen LogP contribution in [0.15, 0.2) is 42.5 Å². The van der Waals surface area contributed by atoms with E-state index in [2.05, 4.69) is 5.32 Å². The molecule has 0 atom stereocenters. The summed E-state index contributed by atoms with van der Waals surface area (Å²) in [4.78, 5) is 23.3. The summed E-state index contributed by atoms with van der Waals surface area (Å²) in [6.45, 7) is 1.87. The minimum Gasteiger partial charge on any atom is -0.398 e. The van der Waals surface area contributed by atoms with Crippen molar-refractivity contribution in [3.8, 4) is 0 Å². The predicted octanol–water partition coefficient (Wildman–Crippen LogP) is 1.86. The number of para-hydroxylation sites is 1. The number of amides is 2. The van der Waals surface area contributed by atoms with Crippen LogP contribution in [0.3, 0.4) is 0 Å². The summed E-state index contributed by atoms with van der Waals surface area (Å²) in [5.41, 5.74) is 14.2. The van der Waals surface area contributed by atoms with E-state index in [0.29, 0.717) is 22.5 Å². The van der Waals surface area contributed by atoms with Gasteiger partial charge in [0, 0.05) is 16.9 Å². The number of nitrogens with one attached hydrogen (secondary N) is 1. The number of nitrogen functional groups attached to an aromatic ring is 1. The summed E-state index contributed by atoms with van der Waals surface area (Å²) < 4.78 is 0. The predicted molar refractivity (Wildman–Crippen MR) is 82.9 cm³/mol. The van der Waals surface area contributed by atoms with Gasteiger partial charge in [0.2, 0.25) is 5.91 Å². The fourth-order valence-electron chi connectivity index (χ4n) is 1.96. The van der Waals surface area contributed by atoms with Crippen molar-refractivity contribution in [2.45, 2.75) is 13.3 Å². The van der Waals surface area contributed by atoms with Crippen LogP contribution in [0.5, 0.6) is 0 Å². The lowest BCUT2D eigenvalue weighted by Crippen LogP contribution is -2.17. The monoisotopic (exact) mass is 283 g/mol. The van der Waals surface area contributed by atoms with E-state index in [1.165, 1.54) is 0 Å². The quantitative estimate of drug-likeness (QED) is 0.747. The van der Waals surface area contributed by atoms with Gasteiger partial charge >= 0.3 is 0 Å². The Balaban J connectivity index is 2.23. The summed E-state index contributed by atoms with van der Waals surface area (Å²) in [7, 11) is 0. The fraction of sp³-hybridized carbons (Fsp3) is 0.125. The van der Waals surface area contributed by atoms with Crippen molar-refractivity contribution in [1.82, 2.24) is 0 Å². The average molecular weight is 283 g/mol. The third-order valence-corrected chi connectivity index (χ3v) is 3.17. The van der Waals surface area contributed by atoms with Crippen molar-refractivity contribution in [1.29, 1.82) is 0 Å². The van der Waals surface area contributed by atoms with E-state index < -0.39 is 5.91 Å². The lowest BCUT2D eigenvalue weighted by molar-refractivity contribution is -0.117. The molecule has 0 aliphatic rings. The first-order valence-electron chi connectivity index (χ1n) is 6.51. The van der Waals surface area contributed by atoms with Gasteiger partial charge in [0.05, 0.1) is 6.42 Å². The maximum atomic E-state index is 12.2. The van der Waals surface area contributed by atoms with Crippen LogP contribution in [-0.2, 0) is 11.2 Å². The summed E-state index contributed by atoms with van der Waals surface area (Å²) in [6, 6.07) is 12.2. The molecule has 0 saturated carbocycles. The third kappa shape index (κ3) is 3.60. The first kappa shape index (κ1) is 14.6. The van der Waals surface area contributed by atoms with E-state index in [-0.39, 0.29) is 12.3 Å². The van der Waals surface area contributed by atoms with E-state index in [1.54, 1.807) is 42.5 Å². The van der Waals surface area contributed by atoms with E-state index in [0.717, 1.165) is 5.56 Å². The molecule has 5 nitrogen and oxygen atoms in total. The van der Waals surface area contributed by atoms with Crippen LogP contribution >= 0.6 is 0 Å². The molecule has 2 aromatic rings. The van der Waals surface area contributed by atoms with Gasteiger partial charge in [-0.15, -0.1) is 0 Å². The number of hydrogen-bond donors (Lipinski definition) is 3. The molecule has 2 amide bonds.